The minimum Gasteiger partial charge on any atom is -0.480 e. The Hall–Kier alpha value is -6.55. The number of carbonyl (C=O) groups is 7. The number of carboxylic acid groups (broad SMARTS) is 2. The van der Waals surface area contributed by atoms with Gasteiger partial charge in [0.1, 0.15) is 36.7 Å². The number of nitrogens with one attached hydrogen (secondary N) is 2. The van der Waals surface area contributed by atoms with E-state index in [-0.39, 0.29) is 50.2 Å². The summed E-state index contributed by atoms with van der Waals surface area (Å²) < 4.78 is 62.7. The number of carbonyl (C=O) groups excluding carboxylic acids is 5. The molecule has 0 aliphatic carbocycles. The number of rotatable bonds is 19. The number of aliphatic hydroxyl groups excluding tert-OH is 1. The number of aromatic nitrogens is 2. The molecule has 1 aromatic heterocycles. The molecule has 0 spiro atoms. The van der Waals surface area contributed by atoms with Gasteiger partial charge in [-0.05, 0) is 54.9 Å². The minimum absolute atomic E-state index is 0.00314. The molecule has 342 valence electrons. The monoisotopic (exact) mass is 893 g/mol. The van der Waals surface area contributed by atoms with Gasteiger partial charge in [0.25, 0.3) is 11.8 Å². The van der Waals surface area contributed by atoms with Crippen LogP contribution in [0.25, 0.3) is 11.3 Å². The summed E-state index contributed by atoms with van der Waals surface area (Å²) in [5, 5.41) is 31.7. The van der Waals surface area contributed by atoms with E-state index in [2.05, 4.69) is 10.6 Å². The number of amides is 5. The third-order valence-electron chi connectivity index (χ3n) is 9.35. The van der Waals surface area contributed by atoms with E-state index in [9.17, 15) is 60.9 Å². The van der Waals surface area contributed by atoms with Gasteiger partial charge in [0.15, 0.2) is 0 Å². The van der Waals surface area contributed by atoms with Crippen LogP contribution < -0.4 is 16.4 Å². The van der Waals surface area contributed by atoms with Gasteiger partial charge in [0.2, 0.25) is 17.7 Å². The van der Waals surface area contributed by atoms with Gasteiger partial charge in [-0.2, -0.15) is 13.2 Å². The zero-order chi connectivity index (χ0) is 47.2. The maximum atomic E-state index is 15.0. The number of hydrogen-bond donors (Lipinski definition) is 6. The molecule has 2 heterocycles. The fraction of sp³-hybridized carbons (Fsp3) is 0.415. The first-order chi connectivity index (χ1) is 29.4. The molecule has 22 heteroatoms. The van der Waals surface area contributed by atoms with E-state index in [1.54, 1.807) is 10.8 Å². The largest absolute Gasteiger partial charge is 0.490 e. The van der Waals surface area contributed by atoms with E-state index in [4.69, 9.17) is 20.6 Å². The molecule has 17 nitrogen and oxygen atoms in total. The van der Waals surface area contributed by atoms with Gasteiger partial charge in [0.05, 0.1) is 17.8 Å². The average Bonchev–Trinajstić information content (AvgIpc) is 3.76. The Balaban J connectivity index is 0.00000139. The van der Waals surface area contributed by atoms with Gasteiger partial charge in [-0.1, -0.05) is 51.1 Å². The van der Waals surface area contributed by atoms with Gasteiger partial charge < -0.3 is 41.2 Å². The second-order valence-corrected chi connectivity index (χ2v) is 15.3. The van der Waals surface area contributed by atoms with Crippen LogP contribution >= 0.6 is 0 Å². The summed E-state index contributed by atoms with van der Waals surface area (Å²) in [6.45, 7) is 4.42. The number of aliphatic carboxylic acids is 2. The SMILES string of the molecule is CC(C)(C)C(c1nc(-c2cc(F)ccc2F)cn1Cc1ccccc1)N(CCC(N)C(=O)NCCCCC(NC(=O)CN1C(=O)C=CC1=O)C(=O)O)C(=O)CO.O=C(O)C(F)(F)F. The third kappa shape index (κ3) is 15.1. The van der Waals surface area contributed by atoms with E-state index < -0.39 is 96.0 Å². The summed E-state index contributed by atoms with van der Waals surface area (Å²) in [5.41, 5.74) is 6.46. The minimum atomic E-state index is -5.08. The number of nitrogens with zero attached hydrogens (tertiary/aromatic N) is 4. The highest BCUT2D eigenvalue weighted by Gasteiger charge is 2.39. The van der Waals surface area contributed by atoms with Crippen LogP contribution in [0.4, 0.5) is 22.0 Å². The quantitative estimate of drug-likeness (QED) is 0.0578. The van der Waals surface area contributed by atoms with Crippen LogP contribution in [0.1, 0.15) is 63.9 Å². The summed E-state index contributed by atoms with van der Waals surface area (Å²) in [5.74, 6) is -8.44. The molecule has 0 radical (unpaired) electrons. The van der Waals surface area contributed by atoms with Crippen LogP contribution in [0, 0.1) is 17.0 Å². The fourth-order valence-corrected chi connectivity index (χ4v) is 6.31. The van der Waals surface area contributed by atoms with Crippen molar-refractivity contribution in [3.05, 3.63) is 89.9 Å². The first-order valence-electron chi connectivity index (χ1n) is 19.3. The summed E-state index contributed by atoms with van der Waals surface area (Å²) >= 11 is 0. The van der Waals surface area contributed by atoms with Gasteiger partial charge in [-0.25, -0.2) is 23.4 Å². The number of imide groups is 1. The standard InChI is InChI=1S/C39H47F2N7O8.C2HF3O2/c1-39(2,3)35(36-45-30(26-19-25(40)12-13-27(26)41)21-46(36)20-24-9-5-4-6-10-24)47(34(53)23-49)18-16-28(42)37(54)43-17-8-7-11-29(38(55)56)44-31(50)22-48-32(51)14-15-33(48)52;3-2(4,5)1(6)7/h4-6,9-10,12-15,19,21,28-29,35,49H,7-8,11,16-18,20,22-23,42H2,1-3H3,(H,43,54)(H,44,50)(H,55,56);(H,6,7). The molecule has 63 heavy (non-hydrogen) atoms. The molecule has 1 aliphatic rings. The molecule has 3 atom stereocenters. The maximum Gasteiger partial charge on any atom is 0.490 e. The maximum absolute atomic E-state index is 15.0. The van der Waals surface area contributed by atoms with E-state index in [1.807, 2.05) is 51.1 Å². The van der Waals surface area contributed by atoms with Crippen LogP contribution in [-0.2, 0) is 40.1 Å². The van der Waals surface area contributed by atoms with Crippen molar-refractivity contribution in [1.29, 1.82) is 0 Å². The number of alkyl halides is 3. The lowest BCUT2D eigenvalue weighted by atomic mass is 9.84. The van der Waals surface area contributed by atoms with Crippen molar-refractivity contribution in [3.8, 4) is 11.3 Å². The van der Waals surface area contributed by atoms with Crippen LogP contribution in [0.5, 0.6) is 0 Å². The Morgan fingerprint density at radius 2 is 1.54 bits per heavy atom. The van der Waals surface area contributed by atoms with Crippen molar-refractivity contribution in [2.45, 2.75) is 77.3 Å². The van der Waals surface area contributed by atoms with Crippen LogP contribution in [0.2, 0.25) is 0 Å². The van der Waals surface area contributed by atoms with Crippen molar-refractivity contribution in [2.75, 3.05) is 26.2 Å². The highest BCUT2D eigenvalue weighted by atomic mass is 19.4. The predicted molar refractivity (Wildman–Crippen MR) is 213 cm³/mol. The number of imidazole rings is 1. The van der Waals surface area contributed by atoms with Crippen molar-refractivity contribution in [1.82, 2.24) is 30.0 Å². The van der Waals surface area contributed by atoms with Crippen LogP contribution in [-0.4, -0.2) is 121 Å². The van der Waals surface area contributed by atoms with E-state index in [1.165, 1.54) is 4.90 Å². The molecule has 7 N–H and O–H groups in total. The third-order valence-corrected chi connectivity index (χ3v) is 9.35. The van der Waals surface area contributed by atoms with Gasteiger partial charge in [-0.3, -0.25) is 28.9 Å². The number of nitrogens with two attached hydrogens (primary N) is 1. The van der Waals surface area contributed by atoms with Gasteiger partial charge in [0, 0.05) is 43.5 Å². The highest BCUT2D eigenvalue weighted by molar-refractivity contribution is 6.14. The molecule has 4 rings (SSSR count). The first-order valence-corrected chi connectivity index (χ1v) is 19.3. The lowest BCUT2D eigenvalue weighted by molar-refractivity contribution is -0.192. The Labute approximate surface area is 357 Å². The number of halogens is 5. The van der Waals surface area contributed by atoms with E-state index >= 15 is 0 Å². The Bertz CT molecular complexity index is 2140. The summed E-state index contributed by atoms with van der Waals surface area (Å²) in [6, 6.07) is 9.17. The predicted octanol–water partition coefficient (Wildman–Crippen LogP) is 2.92. The molecule has 0 saturated carbocycles. The lowest BCUT2D eigenvalue weighted by Crippen LogP contribution is -2.48. The summed E-state index contributed by atoms with van der Waals surface area (Å²) in [4.78, 5) is 89.5. The van der Waals surface area contributed by atoms with Gasteiger partial charge in [-0.15, -0.1) is 0 Å². The molecule has 0 fully saturated rings. The summed E-state index contributed by atoms with van der Waals surface area (Å²) in [6.07, 6.45) is -0.897. The van der Waals surface area contributed by atoms with Gasteiger partial charge >= 0.3 is 18.1 Å². The topological polar surface area (TPSA) is 255 Å². The Morgan fingerprint density at radius 1 is 0.921 bits per heavy atom. The fourth-order valence-electron chi connectivity index (χ4n) is 6.31. The van der Waals surface area contributed by atoms with Crippen LogP contribution in [0.15, 0.2) is 66.9 Å². The smallest absolute Gasteiger partial charge is 0.480 e. The van der Waals surface area contributed by atoms with Crippen LogP contribution in [0.3, 0.4) is 0 Å². The van der Waals surface area contributed by atoms with Crippen molar-refractivity contribution in [3.63, 3.8) is 0 Å². The molecule has 1 aliphatic heterocycles. The molecule has 2 aromatic carbocycles. The number of unbranched alkanes of at least 4 members (excludes halogenated alkanes) is 1. The number of carboxylic acids is 2. The van der Waals surface area contributed by atoms with Crippen molar-refractivity contribution >= 4 is 41.5 Å². The molecule has 0 bridgehead atoms. The number of aliphatic hydroxyl groups is 1. The highest BCUT2D eigenvalue weighted by Crippen LogP contribution is 2.39. The number of benzene rings is 2. The molecule has 3 aromatic rings. The van der Waals surface area contributed by atoms with Crippen molar-refractivity contribution < 1.29 is 70.8 Å². The normalized spacial score (nSPS) is 14.0. The lowest BCUT2D eigenvalue weighted by Gasteiger charge is -2.40. The molecule has 3 unspecified atom stereocenters. The average molecular weight is 894 g/mol. The van der Waals surface area contributed by atoms with E-state index in [0.717, 1.165) is 35.9 Å². The molecular formula is C41H48F5N7O10. The molecule has 0 saturated heterocycles. The zero-order valence-corrected chi connectivity index (χ0v) is 34.4. The first kappa shape index (κ1) is 50.8. The molecule has 5 amide bonds. The second kappa shape index (κ2) is 22.5. The van der Waals surface area contributed by atoms with Crippen molar-refractivity contribution in [2.24, 2.45) is 11.1 Å². The summed E-state index contributed by atoms with van der Waals surface area (Å²) in [7, 11) is 0. The zero-order valence-electron chi connectivity index (χ0n) is 34.4. The second-order valence-electron chi connectivity index (χ2n) is 15.3. The Kier molecular flexibility index (Phi) is 18.2. The number of hydrogen-bond acceptors (Lipinski definition) is 10. The Morgan fingerprint density at radius 3 is 2.10 bits per heavy atom. The molecular weight excluding hydrogens is 845 g/mol. The van der Waals surface area contributed by atoms with E-state index in [0.29, 0.717) is 17.1 Å².